The number of quaternary nitrogens is 1. The number of thiazole rings is 1. The second-order valence-electron chi connectivity index (χ2n) is 5.84. The average molecular weight is 277 g/mol. The Balaban J connectivity index is 1.82. The van der Waals surface area contributed by atoms with Crippen LogP contribution in [-0.4, -0.2) is 35.7 Å². The molecule has 2 heterocycles. The molecule has 1 aliphatic rings. The molecule has 0 unspecified atom stereocenters. The molecule has 3 rings (SSSR count). The van der Waals surface area contributed by atoms with Gasteiger partial charge in [-0.2, -0.15) is 0 Å². The first-order valence-electron chi connectivity index (χ1n) is 7.10. The van der Waals surface area contributed by atoms with Gasteiger partial charge in [-0.15, -0.1) is 0 Å². The Kier molecular flexibility index (Phi) is 3.46. The van der Waals surface area contributed by atoms with Gasteiger partial charge in [0.05, 0.1) is 43.4 Å². The average Bonchev–Trinajstić information content (AvgIpc) is 2.73. The number of rotatable bonds is 3. The second kappa shape index (κ2) is 5.10. The van der Waals surface area contributed by atoms with Crippen LogP contribution < -0.4 is 4.87 Å². The van der Waals surface area contributed by atoms with Gasteiger partial charge >= 0.3 is 4.87 Å². The molecule has 2 aromatic rings. The highest BCUT2D eigenvalue weighted by molar-refractivity contribution is 7.16. The fourth-order valence-electron chi connectivity index (χ4n) is 3.07. The van der Waals surface area contributed by atoms with Crippen molar-refractivity contribution in [2.45, 2.75) is 25.8 Å². The monoisotopic (exact) mass is 277 g/mol. The summed E-state index contributed by atoms with van der Waals surface area (Å²) < 4.78 is 4.18. The molecule has 3 nitrogen and oxygen atoms in total. The zero-order valence-electron chi connectivity index (χ0n) is 11.5. The van der Waals surface area contributed by atoms with Crippen molar-refractivity contribution in [3.05, 3.63) is 33.9 Å². The van der Waals surface area contributed by atoms with E-state index in [9.17, 15) is 4.79 Å². The summed E-state index contributed by atoms with van der Waals surface area (Å²) in [5.74, 6) is 0. The number of hydrogen-bond acceptors (Lipinski definition) is 2. The van der Waals surface area contributed by atoms with Gasteiger partial charge in [-0.3, -0.25) is 9.36 Å². The largest absolute Gasteiger partial charge is 0.325 e. The Morgan fingerprint density at radius 1 is 1.21 bits per heavy atom. The maximum atomic E-state index is 12.1. The van der Waals surface area contributed by atoms with Crippen LogP contribution >= 0.6 is 11.3 Å². The van der Waals surface area contributed by atoms with Gasteiger partial charge < -0.3 is 4.48 Å². The lowest BCUT2D eigenvalue weighted by molar-refractivity contribution is -0.914. The number of likely N-dealkylation sites (tertiary alicyclic amines) is 1. The van der Waals surface area contributed by atoms with Gasteiger partial charge in [0.1, 0.15) is 0 Å². The van der Waals surface area contributed by atoms with Crippen LogP contribution in [0.1, 0.15) is 19.3 Å². The van der Waals surface area contributed by atoms with Crippen molar-refractivity contribution in [2.24, 2.45) is 0 Å². The zero-order chi connectivity index (χ0) is 13.3. The maximum Gasteiger partial charge on any atom is 0.308 e. The van der Waals surface area contributed by atoms with Gasteiger partial charge in [-0.1, -0.05) is 23.5 Å². The fraction of sp³-hybridized carbons (Fsp3) is 0.533. The molecule has 0 radical (unpaired) electrons. The quantitative estimate of drug-likeness (QED) is 0.791. The van der Waals surface area contributed by atoms with Crippen molar-refractivity contribution in [2.75, 3.05) is 26.7 Å². The van der Waals surface area contributed by atoms with Gasteiger partial charge in [0.25, 0.3) is 0 Å². The minimum atomic E-state index is 0.185. The molecule has 102 valence electrons. The third-order valence-corrected chi connectivity index (χ3v) is 5.29. The molecule has 1 aromatic heterocycles. The Morgan fingerprint density at radius 2 is 1.95 bits per heavy atom. The lowest BCUT2D eigenvalue weighted by Crippen LogP contribution is -2.49. The van der Waals surface area contributed by atoms with E-state index in [1.54, 1.807) is 0 Å². The minimum Gasteiger partial charge on any atom is -0.325 e. The van der Waals surface area contributed by atoms with E-state index in [1.165, 1.54) is 43.7 Å². The molecule has 0 aliphatic carbocycles. The Labute approximate surface area is 117 Å². The van der Waals surface area contributed by atoms with Gasteiger partial charge in [0, 0.05) is 0 Å². The van der Waals surface area contributed by atoms with Gasteiger partial charge in [-0.25, -0.2) is 0 Å². The number of para-hydroxylation sites is 1. The van der Waals surface area contributed by atoms with Crippen molar-refractivity contribution in [1.29, 1.82) is 0 Å². The van der Waals surface area contributed by atoms with E-state index in [0.717, 1.165) is 27.8 Å². The molecular weight excluding hydrogens is 256 g/mol. The van der Waals surface area contributed by atoms with Crippen LogP contribution in [0.5, 0.6) is 0 Å². The van der Waals surface area contributed by atoms with E-state index in [-0.39, 0.29) is 4.87 Å². The first kappa shape index (κ1) is 12.9. The van der Waals surface area contributed by atoms with E-state index in [0.29, 0.717) is 0 Å². The van der Waals surface area contributed by atoms with Gasteiger partial charge in [0.15, 0.2) is 0 Å². The topological polar surface area (TPSA) is 22.0 Å². The SMILES string of the molecule is C[N+]1(CCn2c(=O)sc3ccccc32)CCCCC1. The summed E-state index contributed by atoms with van der Waals surface area (Å²) >= 11 is 1.36. The summed E-state index contributed by atoms with van der Waals surface area (Å²) in [5.41, 5.74) is 1.10. The van der Waals surface area contributed by atoms with E-state index < -0.39 is 0 Å². The molecule has 4 heteroatoms. The molecular formula is C15H21N2OS+. The van der Waals surface area contributed by atoms with Crippen LogP contribution in [0.25, 0.3) is 10.2 Å². The summed E-state index contributed by atoms with van der Waals surface area (Å²) in [5, 5.41) is 0. The lowest BCUT2D eigenvalue weighted by Gasteiger charge is -2.37. The van der Waals surface area contributed by atoms with Crippen molar-refractivity contribution in [3.63, 3.8) is 0 Å². The number of likely N-dealkylation sites (N-methyl/N-ethyl adjacent to an activating group) is 1. The lowest BCUT2D eigenvalue weighted by atomic mass is 10.1. The highest BCUT2D eigenvalue weighted by Crippen LogP contribution is 2.19. The summed E-state index contributed by atoms with van der Waals surface area (Å²) in [6.45, 7) is 4.44. The number of piperidine rings is 1. The number of aromatic nitrogens is 1. The molecule has 0 spiro atoms. The molecule has 0 N–H and O–H groups in total. The molecule has 1 fully saturated rings. The Bertz CT molecular complexity index is 622. The number of nitrogens with zero attached hydrogens (tertiary/aromatic N) is 2. The van der Waals surface area contributed by atoms with Crippen LogP contribution in [0, 0.1) is 0 Å². The van der Waals surface area contributed by atoms with E-state index in [1.807, 2.05) is 22.8 Å². The maximum absolute atomic E-state index is 12.1. The summed E-state index contributed by atoms with van der Waals surface area (Å²) in [4.78, 5) is 12.3. The van der Waals surface area contributed by atoms with E-state index in [4.69, 9.17) is 0 Å². The molecule has 1 aromatic carbocycles. The number of hydrogen-bond donors (Lipinski definition) is 0. The van der Waals surface area contributed by atoms with E-state index in [2.05, 4.69) is 13.1 Å². The molecule has 0 amide bonds. The van der Waals surface area contributed by atoms with Crippen LogP contribution in [0.15, 0.2) is 29.1 Å². The van der Waals surface area contributed by atoms with Gasteiger partial charge in [-0.05, 0) is 31.4 Å². The molecule has 0 atom stereocenters. The highest BCUT2D eigenvalue weighted by Gasteiger charge is 2.24. The summed E-state index contributed by atoms with van der Waals surface area (Å²) in [6.07, 6.45) is 4.03. The van der Waals surface area contributed by atoms with Crippen molar-refractivity contribution >= 4 is 21.6 Å². The summed E-state index contributed by atoms with van der Waals surface area (Å²) in [6, 6.07) is 8.11. The van der Waals surface area contributed by atoms with Crippen molar-refractivity contribution in [3.8, 4) is 0 Å². The third kappa shape index (κ3) is 2.60. The Morgan fingerprint density at radius 3 is 2.74 bits per heavy atom. The van der Waals surface area contributed by atoms with Crippen molar-refractivity contribution in [1.82, 2.24) is 4.57 Å². The third-order valence-electron chi connectivity index (χ3n) is 4.33. The van der Waals surface area contributed by atoms with Crippen LogP contribution in [0.2, 0.25) is 0 Å². The normalized spacial score (nSPS) is 18.8. The second-order valence-corrected chi connectivity index (χ2v) is 6.83. The molecule has 0 saturated carbocycles. The number of fused-ring (bicyclic) bond motifs is 1. The first-order chi connectivity index (χ1) is 9.18. The zero-order valence-corrected chi connectivity index (χ0v) is 12.3. The minimum absolute atomic E-state index is 0.185. The molecule has 1 aliphatic heterocycles. The highest BCUT2D eigenvalue weighted by atomic mass is 32.1. The fourth-order valence-corrected chi connectivity index (χ4v) is 3.98. The smallest absolute Gasteiger partial charge is 0.308 e. The predicted molar refractivity (Wildman–Crippen MR) is 80.7 cm³/mol. The van der Waals surface area contributed by atoms with Crippen LogP contribution in [0.4, 0.5) is 0 Å². The molecule has 19 heavy (non-hydrogen) atoms. The molecule has 0 bridgehead atoms. The number of benzene rings is 1. The van der Waals surface area contributed by atoms with Crippen LogP contribution in [0.3, 0.4) is 0 Å². The summed E-state index contributed by atoms with van der Waals surface area (Å²) in [7, 11) is 2.33. The Hall–Kier alpha value is -1.13. The van der Waals surface area contributed by atoms with E-state index >= 15 is 0 Å². The predicted octanol–water partition coefficient (Wildman–Crippen LogP) is 2.69. The molecule has 1 saturated heterocycles. The first-order valence-corrected chi connectivity index (χ1v) is 7.92. The van der Waals surface area contributed by atoms with Crippen LogP contribution in [-0.2, 0) is 6.54 Å². The standard InChI is InChI=1S/C15H21N2OS/c1-17(10-5-2-6-11-17)12-9-16-13-7-3-4-8-14(13)19-15(16)18/h3-4,7-8H,2,5-6,9-12H2,1H3/q+1. The van der Waals surface area contributed by atoms with Crippen molar-refractivity contribution < 1.29 is 4.48 Å². The van der Waals surface area contributed by atoms with Gasteiger partial charge in [0.2, 0.25) is 0 Å².